The molecule has 1 aromatic rings. The molecule has 3 heterocycles. The number of amides is 3. The van der Waals surface area contributed by atoms with Crippen LogP contribution in [0.5, 0.6) is 0 Å². The Kier molecular flexibility index (Phi) is 10.4. The smallest absolute Gasteiger partial charge is 0.251 e. The maximum Gasteiger partial charge on any atom is 0.251 e. The third-order valence-electron chi connectivity index (χ3n) is 8.50. The van der Waals surface area contributed by atoms with Crippen molar-refractivity contribution in [3.63, 3.8) is 0 Å². The lowest BCUT2D eigenvalue weighted by Crippen LogP contribution is -2.55. The molecule has 2 bridgehead atoms. The van der Waals surface area contributed by atoms with Crippen LogP contribution in [0.4, 0.5) is 5.69 Å². The Hall–Kier alpha value is -2.29. The Labute approximate surface area is 247 Å². The molecule has 7 nitrogen and oxygen atoms in total. The van der Waals surface area contributed by atoms with Gasteiger partial charge in [0.05, 0.1) is 16.6 Å². The zero-order valence-corrected chi connectivity index (χ0v) is 25.0. The van der Waals surface area contributed by atoms with Gasteiger partial charge < -0.3 is 19.8 Å². The SMILES string of the molecule is C=CCN(CCC)C(=O)[C@@H]1[C@H]2C(=O)N(CCCCCCO)C(C(=O)N(CC=C)c3ccc(Cl)cc3)C23CC[C@H]1S3. The molecule has 2 unspecified atom stereocenters. The Morgan fingerprint density at radius 3 is 2.48 bits per heavy atom. The summed E-state index contributed by atoms with van der Waals surface area (Å²) in [4.78, 5) is 48.1. The minimum Gasteiger partial charge on any atom is -0.396 e. The van der Waals surface area contributed by atoms with Crippen LogP contribution >= 0.6 is 23.4 Å². The first kappa shape index (κ1) is 30.7. The number of carbonyl (C=O) groups excluding carboxylic acids is 3. The third-order valence-corrected chi connectivity index (χ3v) is 10.7. The number of hydrogen-bond donors (Lipinski definition) is 1. The molecule has 1 spiro atoms. The van der Waals surface area contributed by atoms with Gasteiger partial charge in [-0.1, -0.05) is 43.5 Å². The number of aliphatic hydroxyl groups is 1. The monoisotopic (exact) mass is 587 g/mol. The topological polar surface area (TPSA) is 81.2 Å². The molecule has 0 aromatic heterocycles. The highest BCUT2D eigenvalue weighted by Crippen LogP contribution is 2.66. The molecule has 9 heteroatoms. The zero-order chi connectivity index (χ0) is 28.9. The van der Waals surface area contributed by atoms with Gasteiger partial charge in [-0.15, -0.1) is 24.9 Å². The van der Waals surface area contributed by atoms with E-state index < -0.39 is 22.6 Å². The number of hydrogen-bond acceptors (Lipinski definition) is 5. The molecule has 3 saturated heterocycles. The molecule has 0 aliphatic carbocycles. The van der Waals surface area contributed by atoms with Gasteiger partial charge in [-0.2, -0.15) is 0 Å². The van der Waals surface area contributed by atoms with Crippen molar-refractivity contribution < 1.29 is 19.5 Å². The molecular formula is C31H42ClN3O4S. The van der Waals surface area contributed by atoms with Crippen LogP contribution in [-0.4, -0.2) is 81.5 Å². The molecule has 4 rings (SSSR count). The summed E-state index contributed by atoms with van der Waals surface area (Å²) in [5.41, 5.74) is 0.703. The second-order valence-corrected chi connectivity index (χ2v) is 13.0. The second kappa shape index (κ2) is 13.6. The Balaban J connectivity index is 1.71. The molecule has 3 aliphatic heterocycles. The average Bonchev–Trinajstić information content (AvgIpc) is 3.59. The number of benzene rings is 1. The van der Waals surface area contributed by atoms with Crippen LogP contribution in [0.3, 0.4) is 0 Å². The highest BCUT2D eigenvalue weighted by atomic mass is 35.5. The molecular weight excluding hydrogens is 546 g/mol. The van der Waals surface area contributed by atoms with Crippen LogP contribution in [-0.2, 0) is 14.4 Å². The maximum atomic E-state index is 14.5. The predicted octanol–water partition coefficient (Wildman–Crippen LogP) is 4.93. The first-order chi connectivity index (χ1) is 19.3. The van der Waals surface area contributed by atoms with Crippen molar-refractivity contribution in [3.8, 4) is 0 Å². The molecule has 3 aliphatic rings. The minimum absolute atomic E-state index is 0.0100. The molecule has 3 fully saturated rings. The maximum absolute atomic E-state index is 14.5. The summed E-state index contributed by atoms with van der Waals surface area (Å²) in [6, 6.07) is 6.49. The van der Waals surface area contributed by atoms with Crippen LogP contribution < -0.4 is 4.90 Å². The average molecular weight is 588 g/mol. The number of halogens is 1. The van der Waals surface area contributed by atoms with E-state index in [2.05, 4.69) is 13.2 Å². The normalized spacial score (nSPS) is 26.6. The Bertz CT molecular complexity index is 1100. The van der Waals surface area contributed by atoms with Gasteiger partial charge in [0, 0.05) is 48.7 Å². The summed E-state index contributed by atoms with van der Waals surface area (Å²) in [5, 5.41) is 9.78. The van der Waals surface area contributed by atoms with E-state index in [1.165, 1.54) is 0 Å². The van der Waals surface area contributed by atoms with Crippen LogP contribution in [0.1, 0.15) is 51.9 Å². The number of rotatable bonds is 15. The molecule has 218 valence electrons. The predicted molar refractivity (Wildman–Crippen MR) is 162 cm³/mol. The van der Waals surface area contributed by atoms with Gasteiger partial charge >= 0.3 is 0 Å². The second-order valence-electron chi connectivity index (χ2n) is 11.0. The number of unbranched alkanes of at least 4 members (excludes halogenated alkanes) is 3. The van der Waals surface area contributed by atoms with Crippen molar-refractivity contribution in [1.82, 2.24) is 9.80 Å². The summed E-state index contributed by atoms with van der Waals surface area (Å²) in [7, 11) is 0. The van der Waals surface area contributed by atoms with Crippen molar-refractivity contribution in [2.75, 3.05) is 37.7 Å². The van der Waals surface area contributed by atoms with Gasteiger partial charge in [-0.25, -0.2) is 0 Å². The highest BCUT2D eigenvalue weighted by molar-refractivity contribution is 8.02. The summed E-state index contributed by atoms with van der Waals surface area (Å²) >= 11 is 7.84. The quantitative estimate of drug-likeness (QED) is 0.232. The fraction of sp³-hybridized carbons (Fsp3) is 0.581. The van der Waals surface area contributed by atoms with Gasteiger partial charge in [0.25, 0.3) is 5.91 Å². The zero-order valence-electron chi connectivity index (χ0n) is 23.5. The highest BCUT2D eigenvalue weighted by Gasteiger charge is 2.74. The van der Waals surface area contributed by atoms with E-state index in [1.807, 2.05) is 24.0 Å². The lowest BCUT2D eigenvalue weighted by molar-refractivity contribution is -0.143. The van der Waals surface area contributed by atoms with E-state index in [0.717, 1.165) is 44.9 Å². The van der Waals surface area contributed by atoms with E-state index in [9.17, 15) is 19.5 Å². The van der Waals surface area contributed by atoms with E-state index >= 15 is 0 Å². The molecule has 5 atom stereocenters. The van der Waals surface area contributed by atoms with Crippen molar-refractivity contribution in [1.29, 1.82) is 0 Å². The summed E-state index contributed by atoms with van der Waals surface area (Å²) in [6.45, 7) is 11.7. The summed E-state index contributed by atoms with van der Waals surface area (Å²) in [6.07, 6.45) is 9.00. The lowest BCUT2D eigenvalue weighted by Gasteiger charge is -2.37. The number of thioether (sulfide) groups is 1. The van der Waals surface area contributed by atoms with Gasteiger partial charge in [0.15, 0.2) is 0 Å². The molecule has 40 heavy (non-hydrogen) atoms. The largest absolute Gasteiger partial charge is 0.396 e. The standard InChI is InChI=1S/C31H42ClN3O4S/c1-4-17-33(18-5-2)28(37)25-24-15-16-31(40-24)26(25)29(38)35(20-9-7-8-10-21-36)27(31)30(39)34(19-6-3)23-13-11-22(32)12-14-23/h4,6,11-14,24-27,36H,1,3,5,7-10,15-21H2,2H3/t24-,25+,26+,27?,31?/m1/s1. The molecule has 3 amide bonds. The number of aliphatic hydroxyl groups excluding tert-OH is 1. The van der Waals surface area contributed by atoms with E-state index in [-0.39, 0.29) is 29.6 Å². The number of nitrogens with zero attached hydrogens (tertiary/aromatic N) is 3. The van der Waals surface area contributed by atoms with Crippen LogP contribution in [0, 0.1) is 11.8 Å². The summed E-state index contributed by atoms with van der Waals surface area (Å²) < 4.78 is -0.637. The van der Waals surface area contributed by atoms with Gasteiger partial charge in [0.1, 0.15) is 6.04 Å². The minimum atomic E-state index is -0.662. The lowest BCUT2D eigenvalue weighted by atomic mass is 9.70. The molecule has 1 N–H and O–H groups in total. The van der Waals surface area contributed by atoms with E-state index in [4.69, 9.17) is 11.6 Å². The van der Waals surface area contributed by atoms with E-state index in [1.54, 1.807) is 45.8 Å². The van der Waals surface area contributed by atoms with E-state index in [0.29, 0.717) is 36.9 Å². The van der Waals surface area contributed by atoms with Crippen molar-refractivity contribution in [2.24, 2.45) is 11.8 Å². The number of carbonyl (C=O) groups is 3. The number of likely N-dealkylation sites (tertiary alicyclic amines) is 1. The van der Waals surface area contributed by atoms with Gasteiger partial charge in [0.2, 0.25) is 11.8 Å². The van der Waals surface area contributed by atoms with Crippen LogP contribution in [0.15, 0.2) is 49.6 Å². The van der Waals surface area contributed by atoms with Crippen LogP contribution in [0.25, 0.3) is 0 Å². The van der Waals surface area contributed by atoms with Gasteiger partial charge in [-0.05, 0) is 56.4 Å². The van der Waals surface area contributed by atoms with Crippen molar-refractivity contribution >= 4 is 46.8 Å². The molecule has 0 radical (unpaired) electrons. The third kappa shape index (κ3) is 5.72. The van der Waals surface area contributed by atoms with Gasteiger partial charge in [-0.3, -0.25) is 14.4 Å². The summed E-state index contributed by atoms with van der Waals surface area (Å²) in [5.74, 6) is -1.15. The fourth-order valence-electron chi connectivity index (χ4n) is 6.85. The number of fused-ring (bicyclic) bond motifs is 1. The number of anilines is 1. The first-order valence-electron chi connectivity index (χ1n) is 14.5. The van der Waals surface area contributed by atoms with Crippen molar-refractivity contribution in [2.45, 2.75) is 67.9 Å². The fourth-order valence-corrected chi connectivity index (χ4v) is 9.18. The first-order valence-corrected chi connectivity index (χ1v) is 15.8. The molecule has 0 saturated carbocycles. The van der Waals surface area contributed by atoms with Crippen LogP contribution in [0.2, 0.25) is 5.02 Å². The van der Waals surface area contributed by atoms with Crippen molar-refractivity contribution in [3.05, 3.63) is 54.6 Å². The Morgan fingerprint density at radius 2 is 1.82 bits per heavy atom. The Morgan fingerprint density at radius 1 is 1.12 bits per heavy atom. The molecule has 1 aromatic carbocycles.